The van der Waals surface area contributed by atoms with E-state index in [0.717, 1.165) is 6.42 Å². The minimum absolute atomic E-state index is 0.108. The van der Waals surface area contributed by atoms with E-state index in [1.807, 2.05) is 6.92 Å². The molecular formula is C12H16ClFO3S. The van der Waals surface area contributed by atoms with Crippen molar-refractivity contribution >= 4 is 19.7 Å². The van der Waals surface area contributed by atoms with Crippen molar-refractivity contribution in [3.05, 3.63) is 30.1 Å². The molecular weight excluding hydrogens is 279 g/mol. The normalized spacial score (nSPS) is 13.3. The lowest BCUT2D eigenvalue weighted by Crippen LogP contribution is -2.19. The van der Waals surface area contributed by atoms with Crippen molar-refractivity contribution in [2.75, 3.05) is 12.4 Å². The minimum atomic E-state index is -3.52. The van der Waals surface area contributed by atoms with Crippen molar-refractivity contribution in [2.24, 2.45) is 5.92 Å². The molecule has 1 unspecified atom stereocenters. The zero-order valence-electron chi connectivity index (χ0n) is 10.1. The molecule has 0 heterocycles. The Morgan fingerprint density at radius 1 is 1.33 bits per heavy atom. The lowest BCUT2D eigenvalue weighted by molar-refractivity contribution is 0.252. The van der Waals surface area contributed by atoms with Gasteiger partial charge in [0.15, 0.2) is 0 Å². The van der Waals surface area contributed by atoms with E-state index in [-0.39, 0.29) is 24.1 Å². The van der Waals surface area contributed by atoms with Crippen molar-refractivity contribution in [3.63, 3.8) is 0 Å². The third kappa shape index (κ3) is 6.21. The van der Waals surface area contributed by atoms with Crippen LogP contribution in [0.2, 0.25) is 0 Å². The second-order valence-electron chi connectivity index (χ2n) is 4.13. The topological polar surface area (TPSA) is 43.4 Å². The standard InChI is InChI=1S/C12H16ClFO3S/c1-2-3-10(9-18(13,15)16)8-17-12-6-4-11(14)5-7-12/h4-7,10H,2-3,8-9H2,1H3. The molecule has 102 valence electrons. The quantitative estimate of drug-likeness (QED) is 0.725. The van der Waals surface area contributed by atoms with Gasteiger partial charge in [0.05, 0.1) is 12.4 Å². The Kier molecular flexibility index (Phi) is 5.88. The summed E-state index contributed by atoms with van der Waals surface area (Å²) in [5, 5.41) is 0. The summed E-state index contributed by atoms with van der Waals surface area (Å²) in [6.45, 7) is 2.22. The fourth-order valence-corrected chi connectivity index (χ4v) is 3.01. The van der Waals surface area contributed by atoms with Gasteiger partial charge in [-0.2, -0.15) is 0 Å². The highest BCUT2D eigenvalue weighted by Gasteiger charge is 2.17. The molecule has 0 aliphatic carbocycles. The molecule has 0 fully saturated rings. The van der Waals surface area contributed by atoms with Gasteiger partial charge in [0.2, 0.25) is 9.05 Å². The van der Waals surface area contributed by atoms with Gasteiger partial charge in [-0.3, -0.25) is 0 Å². The average Bonchev–Trinajstić information content (AvgIpc) is 2.26. The summed E-state index contributed by atoms with van der Waals surface area (Å²) in [6.07, 6.45) is 1.57. The molecule has 0 aliphatic rings. The first-order chi connectivity index (χ1) is 8.40. The summed E-state index contributed by atoms with van der Waals surface area (Å²) < 4.78 is 40.2. The van der Waals surface area contributed by atoms with Crippen LogP contribution >= 0.6 is 10.7 Å². The largest absolute Gasteiger partial charge is 0.493 e. The van der Waals surface area contributed by atoms with E-state index in [1.165, 1.54) is 24.3 Å². The summed E-state index contributed by atoms with van der Waals surface area (Å²) in [7, 11) is 1.71. The van der Waals surface area contributed by atoms with E-state index in [2.05, 4.69) is 0 Å². The number of halogens is 2. The zero-order valence-corrected chi connectivity index (χ0v) is 11.7. The highest BCUT2D eigenvalue weighted by Crippen LogP contribution is 2.16. The Morgan fingerprint density at radius 2 is 1.94 bits per heavy atom. The molecule has 0 spiro atoms. The molecule has 0 bridgehead atoms. The zero-order chi connectivity index (χ0) is 13.6. The maximum Gasteiger partial charge on any atom is 0.232 e. The number of hydrogen-bond donors (Lipinski definition) is 0. The first kappa shape index (κ1) is 15.2. The molecule has 1 aromatic carbocycles. The van der Waals surface area contributed by atoms with Gasteiger partial charge in [-0.1, -0.05) is 13.3 Å². The van der Waals surface area contributed by atoms with Gasteiger partial charge in [-0.05, 0) is 30.7 Å². The van der Waals surface area contributed by atoms with E-state index in [4.69, 9.17) is 15.4 Å². The van der Waals surface area contributed by atoms with Crippen molar-refractivity contribution in [3.8, 4) is 5.75 Å². The van der Waals surface area contributed by atoms with Gasteiger partial charge in [0, 0.05) is 16.6 Å². The Balaban J connectivity index is 2.54. The fourth-order valence-electron chi connectivity index (χ4n) is 1.65. The molecule has 0 aliphatic heterocycles. The van der Waals surface area contributed by atoms with Crippen LogP contribution in [0.3, 0.4) is 0 Å². The SMILES string of the molecule is CCCC(COc1ccc(F)cc1)CS(=O)(=O)Cl. The summed E-state index contributed by atoms with van der Waals surface area (Å²) in [5.41, 5.74) is 0. The minimum Gasteiger partial charge on any atom is -0.493 e. The molecule has 1 aromatic rings. The summed E-state index contributed by atoms with van der Waals surface area (Å²) in [6, 6.07) is 5.60. The van der Waals surface area contributed by atoms with Gasteiger partial charge >= 0.3 is 0 Å². The van der Waals surface area contributed by atoms with Gasteiger partial charge < -0.3 is 4.74 Å². The Labute approximate surface area is 111 Å². The van der Waals surface area contributed by atoms with Crippen LogP contribution in [0.4, 0.5) is 4.39 Å². The van der Waals surface area contributed by atoms with Crippen molar-refractivity contribution in [2.45, 2.75) is 19.8 Å². The van der Waals surface area contributed by atoms with Gasteiger partial charge in [-0.15, -0.1) is 0 Å². The Bertz CT molecular complexity index is 459. The lowest BCUT2D eigenvalue weighted by Gasteiger charge is -2.15. The molecule has 0 aromatic heterocycles. The Morgan fingerprint density at radius 3 is 2.44 bits per heavy atom. The van der Waals surface area contributed by atoms with Crippen LogP contribution in [0.1, 0.15) is 19.8 Å². The molecule has 3 nitrogen and oxygen atoms in total. The highest BCUT2D eigenvalue weighted by molar-refractivity contribution is 8.13. The van der Waals surface area contributed by atoms with Crippen LogP contribution in [-0.4, -0.2) is 20.8 Å². The van der Waals surface area contributed by atoms with Crippen LogP contribution < -0.4 is 4.74 Å². The number of hydrogen-bond acceptors (Lipinski definition) is 3. The molecule has 0 saturated heterocycles. The first-order valence-corrected chi connectivity index (χ1v) is 8.19. The molecule has 18 heavy (non-hydrogen) atoms. The van der Waals surface area contributed by atoms with Crippen molar-refractivity contribution in [1.29, 1.82) is 0 Å². The van der Waals surface area contributed by atoms with Crippen LogP contribution in [0.15, 0.2) is 24.3 Å². The number of rotatable bonds is 7. The molecule has 0 saturated carbocycles. The van der Waals surface area contributed by atoms with Gasteiger partial charge in [0.25, 0.3) is 0 Å². The monoisotopic (exact) mass is 294 g/mol. The van der Waals surface area contributed by atoms with E-state index in [1.54, 1.807) is 0 Å². The molecule has 1 atom stereocenters. The second-order valence-corrected chi connectivity index (χ2v) is 6.95. The predicted molar refractivity (Wildman–Crippen MR) is 69.9 cm³/mol. The van der Waals surface area contributed by atoms with E-state index in [9.17, 15) is 12.8 Å². The van der Waals surface area contributed by atoms with Gasteiger partial charge in [-0.25, -0.2) is 12.8 Å². The fraction of sp³-hybridized carbons (Fsp3) is 0.500. The van der Waals surface area contributed by atoms with E-state index < -0.39 is 9.05 Å². The molecule has 0 radical (unpaired) electrons. The predicted octanol–water partition coefficient (Wildman–Crippen LogP) is 3.19. The van der Waals surface area contributed by atoms with Crippen molar-refractivity contribution < 1.29 is 17.5 Å². The maximum absolute atomic E-state index is 12.7. The maximum atomic E-state index is 12.7. The number of ether oxygens (including phenoxy) is 1. The highest BCUT2D eigenvalue weighted by atomic mass is 35.7. The summed E-state index contributed by atoms with van der Waals surface area (Å²) in [5.74, 6) is -0.0772. The van der Waals surface area contributed by atoms with E-state index in [0.29, 0.717) is 12.2 Å². The van der Waals surface area contributed by atoms with E-state index >= 15 is 0 Å². The molecule has 6 heteroatoms. The number of benzene rings is 1. The summed E-state index contributed by atoms with van der Waals surface area (Å²) in [4.78, 5) is 0. The van der Waals surface area contributed by atoms with Crippen LogP contribution in [0.5, 0.6) is 5.75 Å². The first-order valence-electron chi connectivity index (χ1n) is 5.71. The Hall–Kier alpha value is -0.810. The second kappa shape index (κ2) is 6.95. The molecule has 1 rings (SSSR count). The van der Waals surface area contributed by atoms with Crippen LogP contribution in [-0.2, 0) is 9.05 Å². The third-order valence-corrected chi connectivity index (χ3v) is 3.68. The van der Waals surface area contributed by atoms with Crippen molar-refractivity contribution in [1.82, 2.24) is 0 Å². The van der Waals surface area contributed by atoms with Gasteiger partial charge in [0.1, 0.15) is 11.6 Å². The van der Waals surface area contributed by atoms with Crippen LogP contribution in [0.25, 0.3) is 0 Å². The molecule has 0 amide bonds. The smallest absolute Gasteiger partial charge is 0.232 e. The summed E-state index contributed by atoms with van der Waals surface area (Å²) >= 11 is 0. The lowest BCUT2D eigenvalue weighted by atomic mass is 10.1. The average molecular weight is 295 g/mol. The third-order valence-electron chi connectivity index (χ3n) is 2.43. The van der Waals surface area contributed by atoms with Crippen LogP contribution in [0, 0.1) is 11.7 Å². The molecule has 0 N–H and O–H groups in total.